The molecule has 0 aliphatic carbocycles. The van der Waals surface area contributed by atoms with Gasteiger partial charge in [0.15, 0.2) is 0 Å². The summed E-state index contributed by atoms with van der Waals surface area (Å²) in [6.07, 6.45) is 0. The van der Waals surface area contributed by atoms with Crippen molar-refractivity contribution in [1.29, 1.82) is 0 Å². The van der Waals surface area contributed by atoms with Crippen LogP contribution in [-0.2, 0) is 0 Å². The SMILES string of the molecule is [2H]c1c([2H])c([2H])c(C([2H])(c2ccc(Cl)cc2)N2CCN(C([2H])([2H])[2H])CC2)c([2H])c1[2H]. The predicted molar refractivity (Wildman–Crippen MR) is 88.8 cm³/mol. The average molecular weight is 310 g/mol. The van der Waals surface area contributed by atoms with Gasteiger partial charge in [0.1, 0.15) is 0 Å². The number of hydrogen-bond donors (Lipinski definition) is 0. The summed E-state index contributed by atoms with van der Waals surface area (Å²) >= 11 is 5.99. The number of nitrogens with zero attached hydrogens (tertiary/aromatic N) is 2. The van der Waals surface area contributed by atoms with Crippen LogP contribution < -0.4 is 0 Å². The Hall–Kier alpha value is -1.35. The lowest BCUT2D eigenvalue weighted by atomic mass is 9.96. The Kier molecular flexibility index (Phi) is 2.29. The highest BCUT2D eigenvalue weighted by molar-refractivity contribution is 6.30. The smallest absolute Gasteiger partial charge is 0.0626 e. The summed E-state index contributed by atoms with van der Waals surface area (Å²) < 4.78 is 72.9. The van der Waals surface area contributed by atoms with E-state index in [9.17, 15) is 1.37 Å². The summed E-state index contributed by atoms with van der Waals surface area (Å²) in [5.41, 5.74) is 0.214. The number of hydrogen-bond acceptors (Lipinski definition) is 2. The van der Waals surface area contributed by atoms with Crippen LogP contribution in [0.5, 0.6) is 0 Å². The van der Waals surface area contributed by atoms with Gasteiger partial charge in [-0.3, -0.25) is 4.90 Å². The molecule has 3 rings (SSSR count). The maximum atomic E-state index is 9.39. The van der Waals surface area contributed by atoms with Crippen molar-refractivity contribution in [2.45, 2.75) is 6.02 Å². The van der Waals surface area contributed by atoms with Crippen molar-refractivity contribution in [3.8, 4) is 0 Å². The fourth-order valence-corrected chi connectivity index (χ4v) is 2.52. The third-order valence-electron chi connectivity index (χ3n) is 3.45. The molecule has 2 aromatic carbocycles. The van der Waals surface area contributed by atoms with Gasteiger partial charge in [-0.1, -0.05) is 53.9 Å². The molecule has 3 heteroatoms. The van der Waals surface area contributed by atoms with Gasteiger partial charge in [-0.15, -0.1) is 0 Å². The van der Waals surface area contributed by atoms with Gasteiger partial charge in [0, 0.05) is 35.3 Å². The van der Waals surface area contributed by atoms with Crippen LogP contribution in [0.4, 0.5) is 0 Å². The highest BCUT2D eigenvalue weighted by Gasteiger charge is 2.25. The molecule has 1 aliphatic heterocycles. The van der Waals surface area contributed by atoms with Crippen LogP contribution in [0.25, 0.3) is 0 Å². The molecule has 0 saturated carbocycles. The first-order valence-electron chi connectivity index (χ1n) is 11.2. The van der Waals surface area contributed by atoms with E-state index in [-0.39, 0.29) is 31.7 Å². The zero-order chi connectivity index (χ0) is 22.4. The minimum atomic E-state index is -2.26. The first kappa shape index (κ1) is 7.28. The largest absolute Gasteiger partial charge is 0.304 e. The van der Waals surface area contributed by atoms with Crippen molar-refractivity contribution < 1.29 is 12.3 Å². The maximum Gasteiger partial charge on any atom is 0.0626 e. The number of halogens is 1. The standard InChI is InChI=1S/C18H21ClN2/c1-20-11-13-21(14-12-20)18(15-5-3-2-4-6-15)16-7-9-17(19)10-8-16/h2-10,18H,11-14H2,1H3/i1D3,2D,3D,4D,5D,6D,18D. The van der Waals surface area contributed by atoms with Crippen LogP contribution in [0.2, 0.25) is 5.02 Å². The van der Waals surface area contributed by atoms with Crippen molar-refractivity contribution in [2.75, 3.05) is 33.2 Å². The summed E-state index contributed by atoms with van der Waals surface area (Å²) in [5.74, 6) is 0. The van der Waals surface area contributed by atoms with Crippen molar-refractivity contribution in [3.05, 3.63) is 70.6 Å². The van der Waals surface area contributed by atoms with Crippen molar-refractivity contribution in [1.82, 2.24) is 9.80 Å². The summed E-state index contributed by atoms with van der Waals surface area (Å²) in [4.78, 5) is 2.97. The molecule has 110 valence electrons. The highest BCUT2D eigenvalue weighted by atomic mass is 35.5. The lowest BCUT2D eigenvalue weighted by Crippen LogP contribution is -2.46. The average Bonchev–Trinajstić information content (AvgIpc) is 2.70. The van der Waals surface area contributed by atoms with E-state index in [1.54, 1.807) is 29.2 Å². The van der Waals surface area contributed by atoms with Crippen LogP contribution in [0, 0.1) is 0 Å². The quantitative estimate of drug-likeness (QED) is 0.853. The van der Waals surface area contributed by atoms with Crippen molar-refractivity contribution >= 4 is 11.6 Å². The fraction of sp³-hybridized carbons (Fsp3) is 0.333. The van der Waals surface area contributed by atoms with Gasteiger partial charge in [0.2, 0.25) is 0 Å². The molecule has 1 aliphatic rings. The monoisotopic (exact) mass is 309 g/mol. The molecule has 0 radical (unpaired) electrons. The first-order chi connectivity index (χ1) is 13.9. The predicted octanol–water partition coefficient (Wildman–Crippen LogP) is 3.68. The highest BCUT2D eigenvalue weighted by Crippen LogP contribution is 2.30. The Morgan fingerprint density at radius 3 is 2.33 bits per heavy atom. The van der Waals surface area contributed by atoms with E-state index >= 15 is 0 Å². The molecule has 1 fully saturated rings. The molecule has 0 spiro atoms. The Bertz CT molecular complexity index is 911. The molecule has 1 atom stereocenters. The molecular weight excluding hydrogens is 280 g/mol. The molecule has 2 aromatic rings. The Morgan fingerprint density at radius 2 is 1.71 bits per heavy atom. The molecule has 2 nitrogen and oxygen atoms in total. The maximum absolute atomic E-state index is 9.39. The Labute approximate surface area is 144 Å². The minimum absolute atomic E-state index is 0.156. The third kappa shape index (κ3) is 3.46. The number of rotatable bonds is 3. The molecule has 0 bridgehead atoms. The van der Waals surface area contributed by atoms with E-state index < -0.39 is 43.2 Å². The number of benzene rings is 2. The van der Waals surface area contributed by atoms with E-state index in [4.69, 9.17) is 22.6 Å². The topological polar surface area (TPSA) is 6.48 Å². The Morgan fingerprint density at radius 1 is 1.05 bits per heavy atom. The van der Waals surface area contributed by atoms with E-state index in [1.165, 1.54) is 4.90 Å². The van der Waals surface area contributed by atoms with Gasteiger partial charge in [-0.05, 0) is 30.2 Å². The zero-order valence-electron chi connectivity index (χ0n) is 20.4. The van der Waals surface area contributed by atoms with Crippen molar-refractivity contribution in [3.63, 3.8) is 0 Å². The van der Waals surface area contributed by atoms with E-state index in [0.717, 1.165) is 0 Å². The number of likely N-dealkylation sites (N-methyl/N-ethyl adjacent to an activating group) is 1. The van der Waals surface area contributed by atoms with Crippen LogP contribution in [0.3, 0.4) is 0 Å². The van der Waals surface area contributed by atoms with Crippen LogP contribution in [-0.4, -0.2) is 43.0 Å². The molecule has 0 amide bonds. The summed E-state index contributed by atoms with van der Waals surface area (Å²) in [7, 11) is 0. The van der Waals surface area contributed by atoms with Gasteiger partial charge >= 0.3 is 0 Å². The van der Waals surface area contributed by atoms with Crippen LogP contribution in [0.15, 0.2) is 54.5 Å². The molecule has 1 saturated heterocycles. The third-order valence-corrected chi connectivity index (χ3v) is 3.70. The summed E-state index contributed by atoms with van der Waals surface area (Å²) in [6, 6.07) is 2.04. The van der Waals surface area contributed by atoms with Crippen molar-refractivity contribution in [2.24, 2.45) is 0 Å². The van der Waals surface area contributed by atoms with Gasteiger partial charge in [0.25, 0.3) is 0 Å². The van der Waals surface area contributed by atoms with E-state index in [2.05, 4.69) is 0 Å². The molecule has 0 N–H and O–H groups in total. The normalized spacial score (nSPS) is 26.8. The van der Waals surface area contributed by atoms with Crippen LogP contribution in [0.1, 0.15) is 29.5 Å². The molecular formula is C18H21ClN2. The second kappa shape index (κ2) is 6.61. The van der Waals surface area contributed by atoms with E-state index in [1.807, 2.05) is 0 Å². The second-order valence-electron chi connectivity index (χ2n) is 4.83. The molecule has 21 heavy (non-hydrogen) atoms. The Balaban J connectivity index is 2.18. The summed E-state index contributed by atoms with van der Waals surface area (Å²) in [5, 5.41) is 0.439. The van der Waals surface area contributed by atoms with Gasteiger partial charge in [-0.25, -0.2) is 0 Å². The van der Waals surface area contributed by atoms with Gasteiger partial charge < -0.3 is 4.90 Å². The molecule has 1 unspecified atom stereocenters. The molecule has 1 heterocycles. The van der Waals surface area contributed by atoms with E-state index in [0.29, 0.717) is 10.6 Å². The summed E-state index contributed by atoms with van der Waals surface area (Å²) in [6.45, 7) is -1.60. The second-order valence-corrected chi connectivity index (χ2v) is 5.27. The number of piperazine rings is 1. The fourth-order valence-electron chi connectivity index (χ4n) is 2.39. The van der Waals surface area contributed by atoms with Gasteiger partial charge in [-0.2, -0.15) is 0 Å². The van der Waals surface area contributed by atoms with Gasteiger partial charge in [0.05, 0.1) is 14.2 Å². The molecule has 0 aromatic heterocycles. The lowest BCUT2D eigenvalue weighted by molar-refractivity contribution is 0.127. The zero-order valence-corrected chi connectivity index (χ0v) is 12.2. The first-order valence-corrected chi connectivity index (χ1v) is 7.10. The van der Waals surface area contributed by atoms with Crippen LogP contribution >= 0.6 is 11.6 Å². The lowest BCUT2D eigenvalue weighted by Gasteiger charge is -2.38. The minimum Gasteiger partial charge on any atom is -0.304 e.